The Hall–Kier alpha value is -3.46. The fourth-order valence-corrected chi connectivity index (χ4v) is 4.14. The monoisotopic (exact) mass is 498 g/mol. The van der Waals surface area contributed by atoms with Crippen molar-refractivity contribution in [2.75, 3.05) is 17.7 Å². The van der Waals surface area contributed by atoms with Crippen molar-refractivity contribution < 1.29 is 14.3 Å². The summed E-state index contributed by atoms with van der Waals surface area (Å²) in [5.41, 5.74) is 1.92. The average Bonchev–Trinajstić information content (AvgIpc) is 3.27. The Kier molecular flexibility index (Phi) is 6.88. The van der Waals surface area contributed by atoms with Gasteiger partial charge in [-0.25, -0.2) is 0 Å². The molecule has 33 heavy (non-hydrogen) atoms. The lowest BCUT2D eigenvalue weighted by atomic mass is 10.1. The molecule has 10 heteroatoms. The molecule has 0 saturated carbocycles. The summed E-state index contributed by atoms with van der Waals surface area (Å²) in [4.78, 5) is 25.2. The van der Waals surface area contributed by atoms with Gasteiger partial charge in [0.2, 0.25) is 5.13 Å². The number of nitrogens with one attached hydrogen (secondary N) is 2. The van der Waals surface area contributed by atoms with Crippen LogP contribution >= 0.6 is 34.5 Å². The number of carbonyl (C=O) groups is 2. The van der Waals surface area contributed by atoms with E-state index in [0.717, 1.165) is 11.3 Å². The predicted molar refractivity (Wildman–Crippen MR) is 131 cm³/mol. The molecule has 0 spiro atoms. The zero-order chi connectivity index (χ0) is 23.4. The summed E-state index contributed by atoms with van der Waals surface area (Å²) in [6, 6.07) is 18.5. The SMILES string of the molecule is COc1ccc(-c2nnc(NC(=O)c3cccc(NC(=O)c4ccc(Cl)cc4Cl)c3)s2)cc1. The normalized spacial score (nSPS) is 10.5. The lowest BCUT2D eigenvalue weighted by Crippen LogP contribution is -2.15. The van der Waals surface area contributed by atoms with Gasteiger partial charge in [0.15, 0.2) is 0 Å². The summed E-state index contributed by atoms with van der Waals surface area (Å²) in [6.07, 6.45) is 0. The maximum atomic E-state index is 12.7. The van der Waals surface area contributed by atoms with Gasteiger partial charge in [-0.1, -0.05) is 40.6 Å². The number of nitrogens with zero attached hydrogens (tertiary/aromatic N) is 2. The number of carbonyl (C=O) groups excluding carboxylic acids is 2. The molecular formula is C23H16Cl2N4O3S. The number of anilines is 2. The van der Waals surface area contributed by atoms with E-state index in [9.17, 15) is 9.59 Å². The topological polar surface area (TPSA) is 93.2 Å². The summed E-state index contributed by atoms with van der Waals surface area (Å²) in [7, 11) is 1.60. The Morgan fingerprint density at radius 2 is 1.70 bits per heavy atom. The Bertz CT molecular complexity index is 1330. The first kappa shape index (κ1) is 22.7. The van der Waals surface area contributed by atoms with Crippen molar-refractivity contribution in [3.05, 3.63) is 87.9 Å². The highest BCUT2D eigenvalue weighted by atomic mass is 35.5. The molecule has 0 saturated heterocycles. The number of methoxy groups -OCH3 is 1. The van der Waals surface area contributed by atoms with Crippen LogP contribution in [0.1, 0.15) is 20.7 Å². The van der Waals surface area contributed by atoms with E-state index in [1.807, 2.05) is 24.3 Å². The van der Waals surface area contributed by atoms with Gasteiger partial charge in [0.25, 0.3) is 11.8 Å². The molecular weight excluding hydrogens is 483 g/mol. The molecule has 4 aromatic rings. The van der Waals surface area contributed by atoms with Crippen LogP contribution in [0.15, 0.2) is 66.7 Å². The summed E-state index contributed by atoms with van der Waals surface area (Å²) >= 11 is 13.2. The van der Waals surface area contributed by atoms with Crippen molar-refractivity contribution >= 4 is 57.2 Å². The zero-order valence-electron chi connectivity index (χ0n) is 17.1. The number of benzene rings is 3. The van der Waals surface area contributed by atoms with Crippen LogP contribution in [0, 0.1) is 0 Å². The molecule has 1 aromatic heterocycles. The van der Waals surface area contributed by atoms with Gasteiger partial charge in [0.1, 0.15) is 10.8 Å². The van der Waals surface area contributed by atoms with Gasteiger partial charge < -0.3 is 10.1 Å². The van der Waals surface area contributed by atoms with Crippen molar-refractivity contribution in [1.29, 1.82) is 0 Å². The van der Waals surface area contributed by atoms with Crippen LogP contribution in [0.25, 0.3) is 10.6 Å². The molecule has 3 aromatic carbocycles. The largest absolute Gasteiger partial charge is 0.497 e. The van der Waals surface area contributed by atoms with Gasteiger partial charge in [-0.15, -0.1) is 10.2 Å². The molecule has 0 aliphatic carbocycles. The average molecular weight is 499 g/mol. The number of halogens is 2. The Morgan fingerprint density at radius 3 is 2.42 bits per heavy atom. The Labute approximate surface area is 203 Å². The van der Waals surface area contributed by atoms with Gasteiger partial charge >= 0.3 is 0 Å². The highest BCUT2D eigenvalue weighted by Gasteiger charge is 2.14. The standard InChI is InChI=1S/C23H16Cl2N4O3S/c1-32-17-8-5-13(6-9-17)22-28-29-23(33-22)27-20(30)14-3-2-4-16(11-14)26-21(31)18-10-7-15(24)12-19(18)25/h2-12H,1H3,(H,26,31)(H,27,29,30). The second-order valence-corrected chi connectivity index (χ2v) is 8.58. The third-order valence-corrected chi connectivity index (χ3v) is 5.98. The molecule has 0 unspecified atom stereocenters. The van der Waals surface area contributed by atoms with Crippen LogP contribution in [0.5, 0.6) is 5.75 Å². The molecule has 1 heterocycles. The van der Waals surface area contributed by atoms with E-state index >= 15 is 0 Å². The Morgan fingerprint density at radius 1 is 0.909 bits per heavy atom. The third kappa shape index (κ3) is 5.48. The quantitative estimate of drug-likeness (QED) is 0.338. The maximum absolute atomic E-state index is 12.7. The van der Waals surface area contributed by atoms with Gasteiger partial charge in [-0.3, -0.25) is 14.9 Å². The summed E-state index contributed by atoms with van der Waals surface area (Å²) in [6.45, 7) is 0. The number of hydrogen-bond acceptors (Lipinski definition) is 6. The molecule has 166 valence electrons. The van der Waals surface area contributed by atoms with Gasteiger partial charge in [0, 0.05) is 21.8 Å². The molecule has 0 fully saturated rings. The van der Waals surface area contributed by atoms with E-state index in [4.69, 9.17) is 27.9 Å². The number of amides is 2. The smallest absolute Gasteiger partial charge is 0.257 e. The van der Waals surface area contributed by atoms with Crippen molar-refractivity contribution in [3.8, 4) is 16.3 Å². The minimum Gasteiger partial charge on any atom is -0.497 e. The lowest BCUT2D eigenvalue weighted by molar-refractivity contribution is 0.101. The van der Waals surface area contributed by atoms with E-state index < -0.39 is 5.91 Å². The molecule has 0 bridgehead atoms. The first-order valence-electron chi connectivity index (χ1n) is 9.58. The van der Waals surface area contributed by atoms with Crippen LogP contribution < -0.4 is 15.4 Å². The van der Waals surface area contributed by atoms with Crippen LogP contribution in [0.4, 0.5) is 10.8 Å². The number of ether oxygens (including phenoxy) is 1. The summed E-state index contributed by atoms with van der Waals surface area (Å²) in [5, 5.41) is 15.3. The fourth-order valence-electron chi connectivity index (χ4n) is 2.90. The molecule has 0 atom stereocenters. The first-order valence-corrected chi connectivity index (χ1v) is 11.2. The number of aromatic nitrogens is 2. The van der Waals surface area contributed by atoms with E-state index in [2.05, 4.69) is 20.8 Å². The van der Waals surface area contributed by atoms with E-state index in [-0.39, 0.29) is 16.5 Å². The molecule has 0 aliphatic rings. The summed E-state index contributed by atoms with van der Waals surface area (Å²) < 4.78 is 5.15. The number of hydrogen-bond donors (Lipinski definition) is 2. The highest BCUT2D eigenvalue weighted by molar-refractivity contribution is 7.18. The zero-order valence-corrected chi connectivity index (χ0v) is 19.5. The van der Waals surface area contributed by atoms with Crippen LogP contribution in [0.2, 0.25) is 10.0 Å². The van der Waals surface area contributed by atoms with E-state index in [0.29, 0.717) is 26.4 Å². The highest BCUT2D eigenvalue weighted by Crippen LogP contribution is 2.28. The van der Waals surface area contributed by atoms with Gasteiger partial charge in [-0.05, 0) is 60.7 Å². The molecule has 2 N–H and O–H groups in total. The van der Waals surface area contributed by atoms with E-state index in [1.54, 1.807) is 37.4 Å². The first-order chi connectivity index (χ1) is 15.9. The molecule has 2 amide bonds. The predicted octanol–water partition coefficient (Wildman–Crippen LogP) is 6.03. The van der Waals surface area contributed by atoms with Crippen molar-refractivity contribution in [1.82, 2.24) is 10.2 Å². The molecule has 4 rings (SSSR count). The molecule has 0 radical (unpaired) electrons. The minimum atomic E-state index is -0.414. The van der Waals surface area contributed by atoms with Crippen LogP contribution in [-0.4, -0.2) is 29.1 Å². The van der Waals surface area contributed by atoms with Crippen LogP contribution in [0.3, 0.4) is 0 Å². The van der Waals surface area contributed by atoms with Crippen molar-refractivity contribution in [2.24, 2.45) is 0 Å². The summed E-state index contributed by atoms with van der Waals surface area (Å²) in [5.74, 6) is -0.0577. The van der Waals surface area contributed by atoms with Gasteiger partial charge in [-0.2, -0.15) is 0 Å². The maximum Gasteiger partial charge on any atom is 0.257 e. The minimum absolute atomic E-state index is 0.234. The van der Waals surface area contributed by atoms with Crippen LogP contribution in [-0.2, 0) is 0 Å². The third-order valence-electron chi connectivity index (χ3n) is 4.54. The Balaban J connectivity index is 1.44. The lowest BCUT2D eigenvalue weighted by Gasteiger charge is -2.08. The molecule has 0 aliphatic heterocycles. The van der Waals surface area contributed by atoms with Crippen molar-refractivity contribution in [3.63, 3.8) is 0 Å². The second-order valence-electron chi connectivity index (χ2n) is 6.75. The molecule has 7 nitrogen and oxygen atoms in total. The number of rotatable bonds is 6. The van der Waals surface area contributed by atoms with E-state index in [1.165, 1.54) is 23.5 Å². The van der Waals surface area contributed by atoms with Crippen molar-refractivity contribution in [2.45, 2.75) is 0 Å². The fraction of sp³-hybridized carbons (Fsp3) is 0.0435. The second kappa shape index (κ2) is 9.99. The van der Waals surface area contributed by atoms with Gasteiger partial charge in [0.05, 0.1) is 17.7 Å².